The van der Waals surface area contributed by atoms with Gasteiger partial charge in [0.15, 0.2) is 17.1 Å². The van der Waals surface area contributed by atoms with E-state index in [-0.39, 0.29) is 35.3 Å². The summed E-state index contributed by atoms with van der Waals surface area (Å²) in [5.41, 5.74) is 5.55. The lowest BCUT2D eigenvalue weighted by Crippen LogP contribution is -2.31. The molecule has 1 aliphatic carbocycles. The third-order valence-corrected chi connectivity index (χ3v) is 10.5. The Balaban J connectivity index is 1.44. The van der Waals surface area contributed by atoms with E-state index in [0.717, 1.165) is 27.9 Å². The van der Waals surface area contributed by atoms with Gasteiger partial charge in [0.25, 0.3) is 0 Å². The number of aromatic nitrogens is 2. The molecule has 54 heavy (non-hydrogen) atoms. The van der Waals surface area contributed by atoms with Crippen molar-refractivity contribution in [1.29, 1.82) is 0 Å². The highest BCUT2D eigenvalue weighted by atomic mass is 32.2. The van der Waals surface area contributed by atoms with Gasteiger partial charge in [-0.15, -0.1) is 0 Å². The number of ether oxygens (including phenoxy) is 3. The number of carbonyl (C=O) groups is 2. The van der Waals surface area contributed by atoms with Gasteiger partial charge < -0.3 is 34.2 Å². The maximum atomic E-state index is 14.3. The normalized spacial score (nSPS) is 14.1. The number of aromatic amines is 1. The second kappa shape index (κ2) is 15.7. The van der Waals surface area contributed by atoms with E-state index < -0.39 is 6.04 Å². The molecule has 6 aromatic rings. The number of imidazole rings is 1. The van der Waals surface area contributed by atoms with E-state index in [1.165, 1.54) is 13.0 Å². The summed E-state index contributed by atoms with van der Waals surface area (Å²) in [6, 6.07) is 21.7. The van der Waals surface area contributed by atoms with Crippen LogP contribution in [0.3, 0.4) is 0 Å². The first kappa shape index (κ1) is 36.6. The average Bonchev–Trinajstić information content (AvgIpc) is 3.69. The van der Waals surface area contributed by atoms with Crippen LogP contribution in [0.1, 0.15) is 54.4 Å². The van der Waals surface area contributed by atoms with E-state index in [9.17, 15) is 14.4 Å². The second-order valence-corrected chi connectivity index (χ2v) is 14.2. The molecule has 278 valence electrons. The van der Waals surface area contributed by atoms with Crippen LogP contribution in [0.5, 0.6) is 17.2 Å². The van der Waals surface area contributed by atoms with Gasteiger partial charge >= 0.3 is 0 Å². The molecule has 0 aliphatic heterocycles. The van der Waals surface area contributed by atoms with E-state index in [4.69, 9.17) is 23.6 Å². The minimum Gasteiger partial charge on any atom is -0.493 e. The van der Waals surface area contributed by atoms with Crippen molar-refractivity contribution >= 4 is 45.6 Å². The third-order valence-electron chi connectivity index (χ3n) is 9.85. The molecular formula is C42H42N4O7S. The van der Waals surface area contributed by atoms with Crippen molar-refractivity contribution in [3.63, 3.8) is 0 Å². The van der Waals surface area contributed by atoms with Gasteiger partial charge in [-0.2, -0.15) is 11.8 Å². The number of fused-ring (bicyclic) bond motifs is 5. The zero-order chi connectivity index (χ0) is 37.9. The van der Waals surface area contributed by atoms with E-state index in [2.05, 4.69) is 15.6 Å². The molecule has 0 bridgehead atoms. The van der Waals surface area contributed by atoms with E-state index in [1.54, 1.807) is 33.1 Å². The molecule has 7 rings (SSSR count). The number of benzene rings is 3. The average molecular weight is 747 g/mol. The van der Waals surface area contributed by atoms with Gasteiger partial charge in [-0.1, -0.05) is 42.5 Å². The van der Waals surface area contributed by atoms with Gasteiger partial charge in [0.1, 0.15) is 11.6 Å². The molecule has 0 spiro atoms. The van der Waals surface area contributed by atoms with E-state index >= 15 is 0 Å². The monoisotopic (exact) mass is 746 g/mol. The van der Waals surface area contributed by atoms with E-state index in [1.807, 2.05) is 73.0 Å². The number of nitrogens with zero attached hydrogens (tertiary/aromatic N) is 1. The third kappa shape index (κ3) is 7.01. The van der Waals surface area contributed by atoms with Crippen molar-refractivity contribution in [2.24, 2.45) is 0 Å². The fourth-order valence-corrected chi connectivity index (χ4v) is 7.91. The first-order valence-corrected chi connectivity index (χ1v) is 19.1. The molecular weight excluding hydrogens is 705 g/mol. The molecule has 2 amide bonds. The van der Waals surface area contributed by atoms with Crippen LogP contribution in [0.15, 0.2) is 82.0 Å². The summed E-state index contributed by atoms with van der Waals surface area (Å²) in [6.07, 6.45) is 3.65. The lowest BCUT2D eigenvalue weighted by Gasteiger charge is -2.20. The summed E-state index contributed by atoms with van der Waals surface area (Å²) in [4.78, 5) is 49.3. The minimum atomic E-state index is -0.503. The standard InChI is InChI=1S/C42H42N4O7S/c1-23(47)43-30-16-15-25-19-35(50-2)40(51-3)41(52-4)37(25)27-20-28-29(38(24-11-7-6-8-12-24)53-39(28)34(48)21-26(27)30)22-36(49)44-33(17-18-54-5)42-45-31-13-9-10-14-32(31)46-42/h6-14,19-21,30,33H,15-18,22H2,1-5H3,(H,43,47)(H,44,49)(H,45,46). The number of thioether (sulfide) groups is 1. The maximum absolute atomic E-state index is 14.3. The summed E-state index contributed by atoms with van der Waals surface area (Å²) in [7, 11) is 4.66. The van der Waals surface area contributed by atoms with Gasteiger partial charge in [0.05, 0.1) is 50.9 Å². The highest BCUT2D eigenvalue weighted by molar-refractivity contribution is 7.98. The number of H-pyrrole nitrogens is 1. The summed E-state index contributed by atoms with van der Waals surface area (Å²) in [5, 5.41) is 6.77. The Hall–Kier alpha value is -5.75. The SMILES string of the molecule is COc1cc2c(c(OC)c1OC)-c1cc3c(CC(=O)NC(CCSC)c4nc5ccccc5[nH]4)c(-c4ccccc4)oc3c(=O)cc1C(NC(C)=O)CC2. The van der Waals surface area contributed by atoms with Gasteiger partial charge in [-0.3, -0.25) is 14.4 Å². The predicted molar refractivity (Wildman–Crippen MR) is 212 cm³/mol. The van der Waals surface area contributed by atoms with Crippen LogP contribution >= 0.6 is 11.8 Å². The number of rotatable bonds is 12. The fourth-order valence-electron chi connectivity index (χ4n) is 7.44. The minimum absolute atomic E-state index is 0.0868. The number of para-hydroxylation sites is 2. The van der Waals surface area contributed by atoms with Crippen LogP contribution in [0, 0.1) is 0 Å². The molecule has 12 heteroatoms. The molecule has 0 radical (unpaired) electrons. The van der Waals surface area contributed by atoms with Gasteiger partial charge in [-0.05, 0) is 78.3 Å². The maximum Gasteiger partial charge on any atom is 0.225 e. The molecule has 3 N–H and O–H groups in total. The van der Waals surface area contributed by atoms with Crippen LogP contribution < -0.4 is 30.3 Å². The Morgan fingerprint density at radius 2 is 1.76 bits per heavy atom. The molecule has 11 nitrogen and oxygen atoms in total. The fraction of sp³-hybridized carbons (Fsp3) is 0.286. The number of furan rings is 1. The lowest BCUT2D eigenvalue weighted by molar-refractivity contribution is -0.121. The van der Waals surface area contributed by atoms with Crippen LogP contribution in [0.4, 0.5) is 0 Å². The Labute approximate surface area is 316 Å². The predicted octanol–water partition coefficient (Wildman–Crippen LogP) is 7.31. The van der Waals surface area contributed by atoms with Crippen molar-refractivity contribution in [3.05, 3.63) is 106 Å². The van der Waals surface area contributed by atoms with Gasteiger partial charge in [-0.25, -0.2) is 4.98 Å². The first-order valence-electron chi connectivity index (χ1n) is 17.8. The largest absolute Gasteiger partial charge is 0.493 e. The number of hydrogen-bond acceptors (Lipinski definition) is 9. The van der Waals surface area contributed by atoms with Crippen molar-refractivity contribution in [3.8, 4) is 39.7 Å². The lowest BCUT2D eigenvalue weighted by atomic mass is 9.94. The van der Waals surface area contributed by atoms with Gasteiger partial charge in [0.2, 0.25) is 23.0 Å². The quantitative estimate of drug-likeness (QED) is 0.117. The summed E-state index contributed by atoms with van der Waals surface area (Å²) >= 11 is 1.69. The van der Waals surface area contributed by atoms with Crippen molar-refractivity contribution in [1.82, 2.24) is 20.6 Å². The molecule has 2 unspecified atom stereocenters. The summed E-state index contributed by atoms with van der Waals surface area (Å²) < 4.78 is 24.0. The number of carbonyl (C=O) groups excluding carboxylic acids is 2. The van der Waals surface area contributed by atoms with Crippen molar-refractivity contribution in [2.45, 2.75) is 44.7 Å². The molecule has 4 aromatic carbocycles. The Morgan fingerprint density at radius 1 is 1.00 bits per heavy atom. The zero-order valence-electron chi connectivity index (χ0n) is 30.8. The number of nitrogens with one attached hydrogen (secondary N) is 3. The Morgan fingerprint density at radius 3 is 2.46 bits per heavy atom. The molecule has 1 aliphatic rings. The number of hydrogen-bond donors (Lipinski definition) is 3. The van der Waals surface area contributed by atoms with Crippen LogP contribution in [0.25, 0.3) is 44.5 Å². The van der Waals surface area contributed by atoms with E-state index in [0.29, 0.717) is 75.7 Å². The number of methoxy groups -OCH3 is 3. The number of amides is 2. The van der Waals surface area contributed by atoms with Crippen LogP contribution in [-0.2, 0) is 22.4 Å². The topological polar surface area (TPSA) is 145 Å². The Kier molecular flexibility index (Phi) is 10.6. The summed E-state index contributed by atoms with van der Waals surface area (Å²) in [6.45, 7) is 1.46. The zero-order valence-corrected chi connectivity index (χ0v) is 31.6. The van der Waals surface area contributed by atoms with Crippen LogP contribution in [-0.4, -0.2) is 55.1 Å². The highest BCUT2D eigenvalue weighted by Gasteiger charge is 2.31. The van der Waals surface area contributed by atoms with Crippen molar-refractivity contribution < 1.29 is 28.2 Å². The van der Waals surface area contributed by atoms with Crippen molar-refractivity contribution in [2.75, 3.05) is 33.3 Å². The second-order valence-electron chi connectivity index (χ2n) is 13.2. The molecule has 2 heterocycles. The van der Waals surface area contributed by atoms with Gasteiger partial charge in [0, 0.05) is 29.0 Å². The molecule has 0 saturated heterocycles. The smallest absolute Gasteiger partial charge is 0.225 e. The first-order chi connectivity index (χ1) is 26.2. The number of aryl methyl sites for hydroxylation is 1. The molecule has 0 fully saturated rings. The van der Waals surface area contributed by atoms with Crippen LogP contribution in [0.2, 0.25) is 0 Å². The summed E-state index contributed by atoms with van der Waals surface area (Å²) in [5.74, 6) is 2.73. The molecule has 2 aromatic heterocycles. The molecule has 2 atom stereocenters. The molecule has 0 saturated carbocycles. The Bertz CT molecular complexity index is 2390. The highest BCUT2D eigenvalue weighted by Crippen LogP contribution is 2.51.